The minimum absolute atomic E-state index is 0. The third kappa shape index (κ3) is 4.65. The molecule has 0 amide bonds. The first kappa shape index (κ1) is 12.9. The molecule has 1 aromatic carbocycles. The Labute approximate surface area is 94.7 Å². The van der Waals surface area contributed by atoms with Crippen LogP contribution in [0.15, 0.2) is 29.2 Å². The van der Waals surface area contributed by atoms with Crippen LogP contribution < -0.4 is 5.32 Å². The second-order valence-electron chi connectivity index (χ2n) is 2.44. The van der Waals surface area contributed by atoms with Crippen molar-refractivity contribution in [3.63, 3.8) is 0 Å². The van der Waals surface area contributed by atoms with Gasteiger partial charge in [0, 0.05) is 17.6 Å². The molecule has 0 saturated heterocycles. The van der Waals surface area contributed by atoms with Crippen LogP contribution >= 0.6 is 35.8 Å². The van der Waals surface area contributed by atoms with E-state index in [4.69, 9.17) is 11.6 Å². The van der Waals surface area contributed by atoms with E-state index in [0.717, 1.165) is 5.69 Å². The van der Waals surface area contributed by atoms with Crippen LogP contribution in [0.25, 0.3) is 0 Å². The topological polar surface area (TPSA) is 12.0 Å². The molecule has 0 aliphatic carbocycles. The number of anilines is 1. The molecule has 74 valence electrons. The fourth-order valence-corrected chi connectivity index (χ4v) is 1.95. The van der Waals surface area contributed by atoms with Gasteiger partial charge in [-0.05, 0) is 25.1 Å². The summed E-state index contributed by atoms with van der Waals surface area (Å²) in [5, 5.41) is 3.08. The van der Waals surface area contributed by atoms with Crippen LogP contribution in [0.4, 0.5) is 5.69 Å². The molecule has 0 aliphatic rings. The molecule has 1 unspecified atom stereocenters. The molecule has 1 N–H and O–H groups in total. The number of hydrogen-bond acceptors (Lipinski definition) is 2. The van der Waals surface area contributed by atoms with E-state index in [1.54, 1.807) is 11.8 Å². The molecule has 1 nitrogen and oxygen atoms in total. The number of benzene rings is 1. The number of rotatable bonds is 3. The van der Waals surface area contributed by atoms with Crippen molar-refractivity contribution < 1.29 is 0 Å². The van der Waals surface area contributed by atoms with E-state index in [1.165, 1.54) is 4.90 Å². The van der Waals surface area contributed by atoms with Crippen LogP contribution in [-0.4, -0.2) is 11.8 Å². The van der Waals surface area contributed by atoms with Gasteiger partial charge in [0.25, 0.3) is 0 Å². The van der Waals surface area contributed by atoms with Gasteiger partial charge in [0.1, 0.15) is 0 Å². The molecule has 0 bridgehead atoms. The van der Waals surface area contributed by atoms with Crippen LogP contribution in [0.2, 0.25) is 0 Å². The van der Waals surface area contributed by atoms with Gasteiger partial charge in [0.15, 0.2) is 0 Å². The summed E-state index contributed by atoms with van der Waals surface area (Å²) in [6.07, 6.45) is 0. The molecule has 0 spiro atoms. The Morgan fingerprint density at radius 2 is 2.15 bits per heavy atom. The molecule has 0 radical (unpaired) electrons. The van der Waals surface area contributed by atoms with E-state index in [-0.39, 0.29) is 17.1 Å². The highest BCUT2D eigenvalue weighted by Gasteiger charge is 1.99. The zero-order chi connectivity index (χ0) is 8.97. The smallest absolute Gasteiger partial charge is 0.0807 e. The number of hydrogen-bond donors (Lipinski definition) is 1. The largest absolute Gasteiger partial charge is 0.388 e. The quantitative estimate of drug-likeness (QED) is 0.634. The molecule has 0 fully saturated rings. The average Bonchev–Trinajstić information content (AvgIpc) is 2.03. The summed E-state index contributed by atoms with van der Waals surface area (Å²) in [4.78, 5) is 1.20. The van der Waals surface area contributed by atoms with Crippen molar-refractivity contribution in [1.82, 2.24) is 0 Å². The van der Waals surface area contributed by atoms with Crippen LogP contribution in [0, 0.1) is 0 Å². The highest BCUT2D eigenvalue weighted by atomic mass is 35.5. The molecule has 1 rings (SSSR count). The molecule has 0 aliphatic heterocycles. The Hall–Kier alpha value is -0.0500. The molecule has 0 heterocycles. The lowest BCUT2D eigenvalue weighted by molar-refractivity contribution is 1.36. The van der Waals surface area contributed by atoms with Crippen LogP contribution in [0.5, 0.6) is 0 Å². The fraction of sp³-hybridized carbons (Fsp3) is 0.333. The average molecular weight is 238 g/mol. The minimum Gasteiger partial charge on any atom is -0.388 e. The van der Waals surface area contributed by atoms with Gasteiger partial charge in [-0.3, -0.25) is 0 Å². The second-order valence-corrected chi connectivity index (χ2v) is 4.77. The Bertz CT molecular complexity index is 253. The van der Waals surface area contributed by atoms with Crippen LogP contribution in [0.3, 0.4) is 0 Å². The third-order valence-electron chi connectivity index (χ3n) is 1.42. The predicted octanol–water partition coefficient (Wildman–Crippen LogP) is 3.83. The van der Waals surface area contributed by atoms with Gasteiger partial charge >= 0.3 is 0 Å². The maximum Gasteiger partial charge on any atom is 0.0807 e. The summed E-state index contributed by atoms with van der Waals surface area (Å²) in [5.74, 6) is 0. The normalized spacial score (nSPS) is 11.6. The van der Waals surface area contributed by atoms with Crippen molar-refractivity contribution in [2.45, 2.75) is 16.5 Å². The first-order valence-corrected chi connectivity index (χ1v) is 5.12. The van der Waals surface area contributed by atoms with E-state index in [1.807, 2.05) is 26.1 Å². The van der Waals surface area contributed by atoms with Crippen LogP contribution in [-0.2, 0) is 0 Å². The van der Waals surface area contributed by atoms with Crippen LogP contribution in [0.1, 0.15) is 6.92 Å². The van der Waals surface area contributed by atoms with E-state index in [0.29, 0.717) is 0 Å². The van der Waals surface area contributed by atoms with Gasteiger partial charge in [-0.2, -0.15) is 0 Å². The molecule has 4 heteroatoms. The molecular formula is C9H13Cl2NS. The van der Waals surface area contributed by atoms with E-state index in [2.05, 4.69) is 17.4 Å². The highest BCUT2D eigenvalue weighted by Crippen LogP contribution is 2.27. The van der Waals surface area contributed by atoms with E-state index >= 15 is 0 Å². The van der Waals surface area contributed by atoms with Crippen molar-refractivity contribution >= 4 is 41.5 Å². The highest BCUT2D eigenvalue weighted by molar-refractivity contribution is 8.01. The third-order valence-corrected chi connectivity index (χ3v) is 2.54. The van der Waals surface area contributed by atoms with E-state index in [9.17, 15) is 0 Å². The first-order valence-electron chi connectivity index (χ1n) is 3.81. The summed E-state index contributed by atoms with van der Waals surface area (Å²) in [5.41, 5.74) is 1.12. The zero-order valence-electron chi connectivity index (χ0n) is 7.58. The number of thioether (sulfide) groups is 1. The van der Waals surface area contributed by atoms with Gasteiger partial charge in [0.2, 0.25) is 0 Å². The molecule has 1 aromatic rings. The molecule has 0 aromatic heterocycles. The Balaban J connectivity index is 0.00000144. The van der Waals surface area contributed by atoms with Crippen molar-refractivity contribution in [3.05, 3.63) is 24.3 Å². The monoisotopic (exact) mass is 237 g/mol. The predicted molar refractivity (Wildman–Crippen MR) is 64.4 cm³/mol. The lowest BCUT2D eigenvalue weighted by Crippen LogP contribution is -1.88. The number of alkyl halides is 1. The zero-order valence-corrected chi connectivity index (χ0v) is 9.97. The lowest BCUT2D eigenvalue weighted by Gasteiger charge is -2.05. The molecular weight excluding hydrogens is 225 g/mol. The van der Waals surface area contributed by atoms with Gasteiger partial charge in [0.05, 0.1) is 4.71 Å². The summed E-state index contributed by atoms with van der Waals surface area (Å²) in [6.45, 7) is 1.97. The maximum absolute atomic E-state index is 5.85. The van der Waals surface area contributed by atoms with E-state index < -0.39 is 0 Å². The van der Waals surface area contributed by atoms with Crippen molar-refractivity contribution in [2.75, 3.05) is 12.4 Å². The Morgan fingerprint density at radius 3 is 2.69 bits per heavy atom. The van der Waals surface area contributed by atoms with Gasteiger partial charge in [-0.1, -0.05) is 6.07 Å². The summed E-state index contributed by atoms with van der Waals surface area (Å²) in [6, 6.07) is 8.20. The summed E-state index contributed by atoms with van der Waals surface area (Å²) >= 11 is 7.50. The van der Waals surface area contributed by atoms with Gasteiger partial charge < -0.3 is 5.32 Å². The van der Waals surface area contributed by atoms with Crippen molar-refractivity contribution in [3.8, 4) is 0 Å². The standard InChI is InChI=1S/C9H12ClNS.ClH/c1-7(10)12-9-5-3-4-8(6-9)11-2;/h3-7,11H,1-2H3;1H. The SMILES string of the molecule is CNc1cccc(SC(C)Cl)c1.Cl. The first-order chi connectivity index (χ1) is 5.72. The molecule has 13 heavy (non-hydrogen) atoms. The van der Waals surface area contributed by atoms with Crippen molar-refractivity contribution in [1.29, 1.82) is 0 Å². The van der Waals surface area contributed by atoms with Crippen molar-refractivity contribution in [2.24, 2.45) is 0 Å². The fourth-order valence-electron chi connectivity index (χ4n) is 0.912. The molecule has 1 atom stereocenters. The Kier molecular flexibility index (Phi) is 6.39. The lowest BCUT2D eigenvalue weighted by atomic mass is 10.3. The van der Waals surface area contributed by atoms with Gasteiger partial charge in [-0.15, -0.1) is 35.8 Å². The maximum atomic E-state index is 5.85. The van der Waals surface area contributed by atoms with Gasteiger partial charge in [-0.25, -0.2) is 0 Å². The number of nitrogens with one attached hydrogen (secondary N) is 1. The second kappa shape index (κ2) is 6.41. The minimum atomic E-state index is 0. The summed E-state index contributed by atoms with van der Waals surface area (Å²) < 4.78 is 0.122. The number of halogens is 2. The Morgan fingerprint density at radius 1 is 1.46 bits per heavy atom. The molecule has 0 saturated carbocycles. The summed E-state index contributed by atoms with van der Waals surface area (Å²) in [7, 11) is 1.91.